The molecule has 0 saturated heterocycles. The molecule has 0 unspecified atom stereocenters. The third-order valence-electron chi connectivity index (χ3n) is 3.20. The number of nitrogens with zero attached hydrogens (tertiary/aromatic N) is 3. The van der Waals surface area contributed by atoms with E-state index in [1.165, 1.54) is 6.39 Å². The molecule has 21 heavy (non-hydrogen) atoms. The van der Waals surface area contributed by atoms with E-state index in [4.69, 9.17) is 4.74 Å². The normalized spacial score (nSPS) is 10.9. The molecule has 2 aromatic heterocycles. The zero-order chi connectivity index (χ0) is 14.5. The molecule has 0 amide bonds. The zero-order valence-electron chi connectivity index (χ0n) is 11.7. The number of ether oxygens (including phenoxy) is 1. The van der Waals surface area contributed by atoms with Gasteiger partial charge in [-0.3, -0.25) is 0 Å². The lowest BCUT2D eigenvalue weighted by Crippen LogP contribution is -2.17. The number of hydrogen-bond acceptors (Lipinski definition) is 6. The van der Waals surface area contributed by atoms with Crippen LogP contribution in [0, 0.1) is 0 Å². The van der Waals surface area contributed by atoms with Crippen LogP contribution in [0.5, 0.6) is 5.75 Å². The van der Waals surface area contributed by atoms with E-state index >= 15 is 0 Å². The van der Waals surface area contributed by atoms with E-state index in [2.05, 4.69) is 31.0 Å². The van der Waals surface area contributed by atoms with Crippen molar-refractivity contribution in [1.29, 1.82) is 0 Å². The Hall–Kier alpha value is -2.47. The number of benzene rings is 1. The lowest BCUT2D eigenvalue weighted by molar-refractivity contribution is 0.409. The fourth-order valence-corrected chi connectivity index (χ4v) is 2.14. The maximum atomic E-state index is 5.35. The van der Waals surface area contributed by atoms with Gasteiger partial charge in [0.2, 0.25) is 6.39 Å². The first kappa shape index (κ1) is 13.5. The van der Waals surface area contributed by atoms with Gasteiger partial charge in [-0.1, -0.05) is 23.4 Å². The molecule has 3 rings (SSSR count). The second kappa shape index (κ2) is 6.32. The molecule has 0 bridgehead atoms. The van der Waals surface area contributed by atoms with E-state index in [1.54, 1.807) is 7.11 Å². The Balaban J connectivity index is 1.64. The van der Waals surface area contributed by atoms with E-state index in [0.717, 1.165) is 35.3 Å². The average Bonchev–Trinajstić information content (AvgIpc) is 3.04. The molecule has 108 valence electrons. The van der Waals surface area contributed by atoms with E-state index < -0.39 is 0 Å². The quantitative estimate of drug-likeness (QED) is 0.698. The molecule has 6 nitrogen and oxygen atoms in total. The summed E-state index contributed by atoms with van der Waals surface area (Å²) in [5.74, 6) is 1.50. The summed E-state index contributed by atoms with van der Waals surface area (Å²) in [4.78, 5) is 8.62. The molecule has 0 aliphatic rings. The monoisotopic (exact) mass is 284 g/mol. The van der Waals surface area contributed by atoms with Gasteiger partial charge in [0.1, 0.15) is 11.3 Å². The van der Waals surface area contributed by atoms with Gasteiger partial charge in [0.25, 0.3) is 0 Å². The van der Waals surface area contributed by atoms with Crippen LogP contribution in [0.4, 0.5) is 0 Å². The summed E-state index contributed by atoms with van der Waals surface area (Å²) in [5, 5.41) is 8.16. The molecule has 1 aromatic carbocycles. The van der Waals surface area contributed by atoms with Crippen LogP contribution in [0.3, 0.4) is 0 Å². The van der Waals surface area contributed by atoms with Crippen molar-refractivity contribution in [3.63, 3.8) is 0 Å². The third kappa shape index (κ3) is 3.17. The summed E-state index contributed by atoms with van der Waals surface area (Å²) in [5.41, 5.74) is 1.86. The third-order valence-corrected chi connectivity index (χ3v) is 3.20. The Morgan fingerprint density at radius 3 is 3.00 bits per heavy atom. The topological polar surface area (TPSA) is 73.1 Å². The number of methoxy groups -OCH3 is 1. The highest BCUT2D eigenvalue weighted by atomic mass is 16.5. The lowest BCUT2D eigenvalue weighted by Gasteiger charge is -2.07. The van der Waals surface area contributed by atoms with Crippen LogP contribution in [0.1, 0.15) is 11.5 Å². The summed E-state index contributed by atoms with van der Waals surface area (Å²) in [6.45, 7) is 1.46. The van der Waals surface area contributed by atoms with Crippen molar-refractivity contribution >= 4 is 10.9 Å². The molecule has 0 aliphatic carbocycles. The van der Waals surface area contributed by atoms with Gasteiger partial charge >= 0.3 is 0 Å². The van der Waals surface area contributed by atoms with Crippen LogP contribution < -0.4 is 10.1 Å². The molecule has 0 radical (unpaired) electrons. The van der Waals surface area contributed by atoms with Gasteiger partial charge < -0.3 is 14.6 Å². The minimum absolute atomic E-state index is 0.686. The Morgan fingerprint density at radius 1 is 1.24 bits per heavy atom. The minimum atomic E-state index is 0.686. The first-order chi connectivity index (χ1) is 10.4. The molecule has 0 atom stereocenters. The van der Waals surface area contributed by atoms with Gasteiger partial charge in [0, 0.05) is 24.9 Å². The first-order valence-electron chi connectivity index (χ1n) is 6.75. The number of rotatable bonds is 6. The molecule has 3 aromatic rings. The van der Waals surface area contributed by atoms with Crippen molar-refractivity contribution in [3.05, 3.63) is 48.2 Å². The summed E-state index contributed by atoms with van der Waals surface area (Å²) < 4.78 is 10.0. The molecule has 2 heterocycles. The largest absolute Gasteiger partial charge is 0.494 e. The van der Waals surface area contributed by atoms with Gasteiger partial charge in [-0.25, -0.2) is 4.98 Å². The van der Waals surface area contributed by atoms with Gasteiger partial charge in [0.15, 0.2) is 5.82 Å². The van der Waals surface area contributed by atoms with Crippen LogP contribution >= 0.6 is 0 Å². The van der Waals surface area contributed by atoms with Crippen molar-refractivity contribution in [2.45, 2.75) is 13.0 Å². The van der Waals surface area contributed by atoms with E-state index in [9.17, 15) is 0 Å². The zero-order valence-corrected chi connectivity index (χ0v) is 11.7. The van der Waals surface area contributed by atoms with Gasteiger partial charge in [0.05, 0.1) is 12.8 Å². The second-order valence-electron chi connectivity index (χ2n) is 4.61. The van der Waals surface area contributed by atoms with Crippen molar-refractivity contribution in [2.75, 3.05) is 13.7 Å². The maximum absolute atomic E-state index is 5.35. The minimum Gasteiger partial charge on any atom is -0.494 e. The van der Waals surface area contributed by atoms with Crippen molar-refractivity contribution in [3.8, 4) is 5.75 Å². The van der Waals surface area contributed by atoms with E-state index in [1.807, 2.05) is 24.3 Å². The summed E-state index contributed by atoms with van der Waals surface area (Å²) in [6.07, 6.45) is 2.07. The molecule has 6 heteroatoms. The Morgan fingerprint density at radius 2 is 2.19 bits per heavy atom. The number of pyridine rings is 1. The molecule has 0 spiro atoms. The number of para-hydroxylation sites is 1. The average molecular weight is 284 g/mol. The predicted octanol–water partition coefficient (Wildman–Crippen LogP) is 1.96. The van der Waals surface area contributed by atoms with Gasteiger partial charge in [-0.05, 0) is 12.1 Å². The SMILES string of the molecule is COc1cccc2ccc(CNCCc3ncon3)nc12. The van der Waals surface area contributed by atoms with Gasteiger partial charge in [-0.15, -0.1) is 0 Å². The number of fused-ring (bicyclic) bond motifs is 1. The maximum Gasteiger partial charge on any atom is 0.213 e. The second-order valence-corrected chi connectivity index (χ2v) is 4.61. The Labute approximate surface area is 122 Å². The van der Waals surface area contributed by atoms with E-state index in [0.29, 0.717) is 12.4 Å². The summed E-state index contributed by atoms with van der Waals surface area (Å²) in [7, 11) is 1.66. The Bertz CT molecular complexity index is 713. The number of nitrogens with one attached hydrogen (secondary N) is 1. The highest BCUT2D eigenvalue weighted by Crippen LogP contribution is 2.23. The number of hydrogen-bond donors (Lipinski definition) is 1. The van der Waals surface area contributed by atoms with Crippen LogP contribution in [-0.2, 0) is 13.0 Å². The predicted molar refractivity (Wildman–Crippen MR) is 78.0 cm³/mol. The van der Waals surface area contributed by atoms with E-state index in [-0.39, 0.29) is 0 Å². The molecule has 0 aliphatic heterocycles. The molecular formula is C15H16N4O2. The van der Waals surface area contributed by atoms with Crippen molar-refractivity contribution in [1.82, 2.24) is 20.4 Å². The molecule has 0 fully saturated rings. The first-order valence-corrected chi connectivity index (χ1v) is 6.75. The van der Waals surface area contributed by atoms with Gasteiger partial charge in [-0.2, -0.15) is 4.98 Å². The van der Waals surface area contributed by atoms with Crippen LogP contribution in [0.15, 0.2) is 41.2 Å². The fraction of sp³-hybridized carbons (Fsp3) is 0.267. The lowest BCUT2D eigenvalue weighted by atomic mass is 10.2. The molecule has 1 N–H and O–H groups in total. The standard InChI is InChI=1S/C15H16N4O2/c1-20-13-4-2-3-11-5-6-12(18-15(11)13)9-16-8-7-14-17-10-21-19-14/h2-6,10,16H,7-9H2,1H3. The van der Waals surface area contributed by atoms with Crippen molar-refractivity contribution < 1.29 is 9.26 Å². The molecule has 0 saturated carbocycles. The smallest absolute Gasteiger partial charge is 0.213 e. The highest BCUT2D eigenvalue weighted by Gasteiger charge is 2.04. The van der Waals surface area contributed by atoms with Crippen LogP contribution in [0.25, 0.3) is 10.9 Å². The van der Waals surface area contributed by atoms with Crippen LogP contribution in [-0.4, -0.2) is 28.8 Å². The highest BCUT2D eigenvalue weighted by molar-refractivity contribution is 5.84. The summed E-state index contributed by atoms with van der Waals surface area (Å²) in [6, 6.07) is 9.98. The van der Waals surface area contributed by atoms with Crippen molar-refractivity contribution in [2.24, 2.45) is 0 Å². The Kier molecular flexibility index (Phi) is 4.07. The fourth-order valence-electron chi connectivity index (χ4n) is 2.14. The summed E-state index contributed by atoms with van der Waals surface area (Å²) >= 11 is 0. The molecular weight excluding hydrogens is 268 g/mol. The van der Waals surface area contributed by atoms with Crippen LogP contribution in [0.2, 0.25) is 0 Å². The number of aromatic nitrogens is 3.